The Labute approximate surface area is 155 Å². The van der Waals surface area contributed by atoms with Gasteiger partial charge in [0.2, 0.25) is 0 Å². The number of nitrogens with zero attached hydrogens (tertiary/aromatic N) is 3. The van der Waals surface area contributed by atoms with Crippen LogP contribution in [0.2, 0.25) is 0 Å². The van der Waals surface area contributed by atoms with Gasteiger partial charge in [-0.25, -0.2) is 0 Å². The second kappa shape index (κ2) is 7.01. The van der Waals surface area contributed by atoms with Crippen LogP contribution >= 0.6 is 48.3 Å². The van der Waals surface area contributed by atoms with Gasteiger partial charge in [0, 0.05) is 11.4 Å². The summed E-state index contributed by atoms with van der Waals surface area (Å²) < 4.78 is 11.0. The topological polar surface area (TPSA) is 58.5 Å². The van der Waals surface area contributed by atoms with Crippen molar-refractivity contribution in [2.45, 2.75) is 24.2 Å². The van der Waals surface area contributed by atoms with Crippen molar-refractivity contribution in [1.82, 2.24) is 10.2 Å². The second-order valence-electron chi connectivity index (χ2n) is 5.76. The Balaban J connectivity index is 0.000000781. The first kappa shape index (κ1) is 17.7. The zero-order valence-electron chi connectivity index (χ0n) is 12.2. The monoisotopic (exact) mass is 396 g/mol. The molecule has 0 aromatic rings. The van der Waals surface area contributed by atoms with E-state index >= 15 is 0 Å². The fraction of sp³-hybridized carbons (Fsp3) is 0.692. The Kier molecular flexibility index (Phi) is 5.40. The first-order valence-electron chi connectivity index (χ1n) is 7.24. The highest BCUT2D eigenvalue weighted by molar-refractivity contribution is 8.17. The lowest BCUT2D eigenvalue weighted by Gasteiger charge is -2.23. The number of hydrogen-bond donors (Lipinski definition) is 1. The number of thioether (sulfide) groups is 2. The Morgan fingerprint density at radius 2 is 2.00 bits per heavy atom. The van der Waals surface area contributed by atoms with E-state index in [1.807, 2.05) is 0 Å². The Bertz CT molecular complexity index is 574. The molecule has 0 spiro atoms. The lowest BCUT2D eigenvalue weighted by molar-refractivity contribution is 0.178. The molecule has 0 aromatic carbocycles. The molecule has 1 N–H and O–H groups in total. The van der Waals surface area contributed by atoms with Crippen LogP contribution in [0.5, 0.6) is 0 Å². The third-order valence-corrected chi connectivity index (χ3v) is 6.28. The molecule has 23 heavy (non-hydrogen) atoms. The molecule has 0 aromatic heterocycles. The molecular weight excluding hydrogens is 379 g/mol. The number of rotatable bonds is 2. The maximum atomic E-state index is 5.55. The average Bonchev–Trinajstić information content (AvgIpc) is 3.20. The molecule has 128 valence electrons. The predicted molar refractivity (Wildman–Crippen MR) is 99.3 cm³/mol. The minimum Gasteiger partial charge on any atom is -0.377 e. The van der Waals surface area contributed by atoms with Gasteiger partial charge in [-0.05, 0) is 5.41 Å². The summed E-state index contributed by atoms with van der Waals surface area (Å²) in [5.74, 6) is 0.932. The van der Waals surface area contributed by atoms with Gasteiger partial charge in [-0.15, -0.1) is 24.8 Å². The quantitative estimate of drug-likeness (QED) is 0.759. The molecule has 0 saturated carbocycles. The van der Waals surface area contributed by atoms with Crippen LogP contribution in [-0.2, 0) is 9.47 Å². The van der Waals surface area contributed by atoms with E-state index in [2.05, 4.69) is 15.6 Å². The Hall–Kier alpha value is -0.120. The van der Waals surface area contributed by atoms with E-state index in [9.17, 15) is 0 Å². The molecule has 2 saturated heterocycles. The molecule has 0 unspecified atom stereocenters. The number of aliphatic imine (C=N–C) groups is 2. The summed E-state index contributed by atoms with van der Waals surface area (Å²) >= 11 is 3.53. The van der Waals surface area contributed by atoms with Crippen molar-refractivity contribution in [3.63, 3.8) is 0 Å². The third kappa shape index (κ3) is 2.98. The molecule has 5 aliphatic heterocycles. The van der Waals surface area contributed by atoms with E-state index in [-0.39, 0.29) is 24.8 Å². The molecule has 0 radical (unpaired) electrons. The number of hydrogen-bond acceptors (Lipinski definition) is 8. The molecule has 5 aliphatic rings. The van der Waals surface area contributed by atoms with E-state index in [0.29, 0.717) is 24.2 Å². The van der Waals surface area contributed by atoms with E-state index in [1.54, 1.807) is 23.5 Å². The Morgan fingerprint density at radius 1 is 1.17 bits per heavy atom. The fourth-order valence-corrected chi connectivity index (χ4v) is 5.39. The summed E-state index contributed by atoms with van der Waals surface area (Å²) in [5, 5.41) is 7.89. The van der Waals surface area contributed by atoms with E-state index in [0.717, 1.165) is 42.5 Å². The summed E-state index contributed by atoms with van der Waals surface area (Å²) in [6.07, 6.45) is 0. The standard InChI is InChI=1S/C13H16N4O2S2.2ClH/c1-8-9(2-18-1)15-12(14-8)20-5-7-6-21-13-16-10-3-19-4-11(10)17(7)13;;/h6,8-11H,1-5H2,(H,14,15);2*1H/t8-,9+,10-,11+;;/m0../s1. The number of ether oxygens (including phenoxy) is 2. The molecule has 0 amide bonds. The van der Waals surface area contributed by atoms with Crippen LogP contribution in [-0.4, -0.2) is 71.6 Å². The summed E-state index contributed by atoms with van der Waals surface area (Å²) in [5.41, 5.74) is 1.33. The molecular formula is C13H18Cl2N4O2S2. The normalized spacial score (nSPS) is 36.2. The Morgan fingerprint density at radius 3 is 2.87 bits per heavy atom. The molecule has 5 heterocycles. The molecule has 4 atom stereocenters. The first-order valence-corrected chi connectivity index (χ1v) is 9.10. The van der Waals surface area contributed by atoms with Gasteiger partial charge in [0.05, 0.1) is 50.6 Å². The zero-order valence-corrected chi connectivity index (χ0v) is 15.5. The maximum absolute atomic E-state index is 5.55. The van der Waals surface area contributed by atoms with Gasteiger partial charge in [0.1, 0.15) is 0 Å². The van der Waals surface area contributed by atoms with Crippen molar-refractivity contribution in [3.8, 4) is 0 Å². The summed E-state index contributed by atoms with van der Waals surface area (Å²) in [4.78, 5) is 11.8. The predicted octanol–water partition coefficient (Wildman–Crippen LogP) is 1.32. The maximum Gasteiger partial charge on any atom is 0.168 e. The number of nitrogens with one attached hydrogen (secondary N) is 1. The largest absolute Gasteiger partial charge is 0.377 e. The van der Waals surface area contributed by atoms with E-state index in [4.69, 9.17) is 19.5 Å². The van der Waals surface area contributed by atoms with Crippen molar-refractivity contribution < 1.29 is 9.47 Å². The first-order chi connectivity index (χ1) is 10.4. The van der Waals surface area contributed by atoms with Crippen LogP contribution in [0.15, 0.2) is 21.1 Å². The van der Waals surface area contributed by atoms with Gasteiger partial charge in [-0.2, -0.15) is 0 Å². The summed E-state index contributed by atoms with van der Waals surface area (Å²) in [6.45, 7) is 3.09. The van der Waals surface area contributed by atoms with Crippen molar-refractivity contribution >= 4 is 58.7 Å². The lowest BCUT2D eigenvalue weighted by Crippen LogP contribution is -2.37. The van der Waals surface area contributed by atoms with Gasteiger partial charge in [-0.3, -0.25) is 9.98 Å². The van der Waals surface area contributed by atoms with Gasteiger partial charge >= 0.3 is 0 Å². The minimum atomic E-state index is 0. The highest BCUT2D eigenvalue weighted by Gasteiger charge is 2.44. The highest BCUT2D eigenvalue weighted by atomic mass is 35.5. The van der Waals surface area contributed by atoms with Crippen LogP contribution in [0.3, 0.4) is 0 Å². The van der Waals surface area contributed by atoms with Crippen LogP contribution in [0.25, 0.3) is 0 Å². The molecule has 0 bridgehead atoms. The van der Waals surface area contributed by atoms with E-state index in [1.165, 1.54) is 5.70 Å². The SMILES string of the molecule is C1=C(CSC2=N[C@@H]3COC[C@@H]3N2)N2C(=N[C@H]3COC[C@H]32)S1.Cl.Cl. The van der Waals surface area contributed by atoms with Crippen molar-refractivity contribution in [2.24, 2.45) is 9.98 Å². The van der Waals surface area contributed by atoms with Crippen LogP contribution in [0, 0.1) is 0 Å². The number of halogens is 2. The molecule has 10 heteroatoms. The van der Waals surface area contributed by atoms with Crippen LogP contribution in [0.1, 0.15) is 0 Å². The van der Waals surface area contributed by atoms with E-state index < -0.39 is 0 Å². The van der Waals surface area contributed by atoms with Crippen molar-refractivity contribution in [3.05, 3.63) is 11.1 Å². The average molecular weight is 397 g/mol. The molecule has 5 rings (SSSR count). The lowest BCUT2D eigenvalue weighted by atomic mass is 10.2. The van der Waals surface area contributed by atoms with Gasteiger partial charge in [0.25, 0.3) is 0 Å². The van der Waals surface area contributed by atoms with Gasteiger partial charge < -0.3 is 19.7 Å². The molecule has 0 aliphatic carbocycles. The van der Waals surface area contributed by atoms with Crippen molar-refractivity contribution in [1.29, 1.82) is 0 Å². The minimum absolute atomic E-state index is 0. The molecule has 2 fully saturated rings. The summed E-state index contributed by atoms with van der Waals surface area (Å²) in [7, 11) is 0. The van der Waals surface area contributed by atoms with Crippen molar-refractivity contribution in [2.75, 3.05) is 32.2 Å². The zero-order chi connectivity index (χ0) is 13.8. The highest BCUT2D eigenvalue weighted by Crippen LogP contribution is 2.38. The van der Waals surface area contributed by atoms with Crippen LogP contribution < -0.4 is 5.32 Å². The second-order valence-corrected chi connectivity index (χ2v) is 7.56. The third-order valence-electron chi connectivity index (χ3n) is 4.44. The summed E-state index contributed by atoms with van der Waals surface area (Å²) in [6, 6.07) is 1.44. The van der Waals surface area contributed by atoms with Crippen LogP contribution in [0.4, 0.5) is 0 Å². The number of amidine groups is 2. The van der Waals surface area contributed by atoms with Gasteiger partial charge in [0.15, 0.2) is 10.3 Å². The smallest absolute Gasteiger partial charge is 0.168 e. The van der Waals surface area contributed by atoms with Gasteiger partial charge in [-0.1, -0.05) is 23.5 Å². The molecule has 6 nitrogen and oxygen atoms in total. The fourth-order valence-electron chi connectivity index (χ4n) is 3.33. The number of fused-ring (bicyclic) bond motifs is 4.